The lowest BCUT2D eigenvalue weighted by molar-refractivity contribution is 0.119. The minimum Gasteiger partial charge on any atom is -0.493 e. The lowest BCUT2D eigenvalue weighted by atomic mass is 9.82. The lowest BCUT2D eigenvalue weighted by Crippen LogP contribution is -2.49. The summed E-state index contributed by atoms with van der Waals surface area (Å²) in [6.45, 7) is 0.904. The average Bonchev–Trinajstić information content (AvgIpc) is 2.53. The molecule has 4 nitrogen and oxygen atoms in total. The topological polar surface area (TPSA) is 50.7 Å². The summed E-state index contributed by atoms with van der Waals surface area (Å²) < 4.78 is 11.6. The number of hydrogen-bond acceptors (Lipinski definition) is 4. The van der Waals surface area contributed by atoms with Gasteiger partial charge in [0.05, 0.1) is 25.3 Å². The van der Waals surface area contributed by atoms with E-state index in [0.717, 1.165) is 22.9 Å². The third-order valence-electron chi connectivity index (χ3n) is 4.27. The monoisotopic (exact) mass is 357 g/mol. The van der Waals surface area contributed by atoms with Crippen molar-refractivity contribution in [3.05, 3.63) is 22.2 Å². The summed E-state index contributed by atoms with van der Waals surface area (Å²) in [6.07, 6.45) is 5.72. The van der Waals surface area contributed by atoms with Gasteiger partial charge >= 0.3 is 0 Å². The second-order valence-corrected chi connectivity index (χ2v) is 6.52. The van der Waals surface area contributed by atoms with Crippen molar-refractivity contribution in [2.24, 2.45) is 0 Å². The van der Waals surface area contributed by atoms with Gasteiger partial charge in [-0.05, 0) is 46.5 Å². The van der Waals surface area contributed by atoms with Gasteiger partial charge in [-0.25, -0.2) is 0 Å². The smallest absolute Gasteiger partial charge is 0.174 e. The molecule has 2 N–H and O–H groups in total. The minimum atomic E-state index is -0.127. The first-order valence-electron chi connectivity index (χ1n) is 7.40. The summed E-state index contributed by atoms with van der Waals surface area (Å²) in [4.78, 5) is 0. The molecule has 1 aromatic rings. The zero-order valence-electron chi connectivity index (χ0n) is 12.7. The Morgan fingerprint density at radius 3 is 2.48 bits per heavy atom. The Labute approximate surface area is 135 Å². The molecule has 0 bridgehead atoms. The van der Waals surface area contributed by atoms with E-state index in [4.69, 9.17) is 9.47 Å². The molecule has 0 spiro atoms. The maximum Gasteiger partial charge on any atom is 0.174 e. The van der Waals surface area contributed by atoms with E-state index in [0.29, 0.717) is 18.0 Å². The van der Waals surface area contributed by atoms with Gasteiger partial charge in [0.2, 0.25) is 0 Å². The van der Waals surface area contributed by atoms with E-state index in [2.05, 4.69) is 21.2 Å². The van der Waals surface area contributed by atoms with Crippen LogP contribution in [-0.4, -0.2) is 31.5 Å². The third kappa shape index (κ3) is 3.90. The van der Waals surface area contributed by atoms with Crippen molar-refractivity contribution in [2.45, 2.75) is 44.2 Å². The first kappa shape index (κ1) is 16.6. The molecule has 0 amide bonds. The van der Waals surface area contributed by atoms with E-state index in [1.165, 1.54) is 19.3 Å². The van der Waals surface area contributed by atoms with Gasteiger partial charge in [0.25, 0.3) is 0 Å². The number of hydrogen-bond donors (Lipinski definition) is 2. The molecule has 0 radical (unpaired) electrons. The Morgan fingerprint density at radius 1 is 1.19 bits per heavy atom. The molecule has 0 saturated heterocycles. The van der Waals surface area contributed by atoms with Crippen LogP contribution in [0.5, 0.6) is 11.5 Å². The fraction of sp³-hybridized carbons (Fsp3) is 0.625. The number of benzene rings is 1. The van der Waals surface area contributed by atoms with Crippen LogP contribution in [0.3, 0.4) is 0 Å². The molecular formula is C16H24BrNO3. The van der Waals surface area contributed by atoms with Crippen molar-refractivity contribution < 1.29 is 14.6 Å². The Balaban J connectivity index is 2.10. The first-order chi connectivity index (χ1) is 10.1. The summed E-state index contributed by atoms with van der Waals surface area (Å²) in [7, 11) is 3.27. The minimum absolute atomic E-state index is 0.127. The van der Waals surface area contributed by atoms with Crippen LogP contribution in [0.4, 0.5) is 0 Å². The number of nitrogens with one attached hydrogen (secondary N) is 1. The highest BCUT2D eigenvalue weighted by Crippen LogP contribution is 2.36. The van der Waals surface area contributed by atoms with Gasteiger partial charge in [0.1, 0.15) is 0 Å². The highest BCUT2D eigenvalue weighted by Gasteiger charge is 2.30. The predicted molar refractivity (Wildman–Crippen MR) is 87.0 cm³/mol. The molecule has 1 aliphatic carbocycles. The van der Waals surface area contributed by atoms with Crippen molar-refractivity contribution in [3.63, 3.8) is 0 Å². The largest absolute Gasteiger partial charge is 0.493 e. The average molecular weight is 358 g/mol. The second kappa shape index (κ2) is 7.47. The molecule has 1 aliphatic rings. The number of methoxy groups -OCH3 is 2. The van der Waals surface area contributed by atoms with Gasteiger partial charge in [-0.3, -0.25) is 0 Å². The van der Waals surface area contributed by atoms with E-state index >= 15 is 0 Å². The zero-order valence-corrected chi connectivity index (χ0v) is 14.3. The van der Waals surface area contributed by atoms with E-state index < -0.39 is 0 Å². The summed E-state index contributed by atoms with van der Waals surface area (Å²) in [6, 6.07) is 4.01. The van der Waals surface area contributed by atoms with E-state index in [1.54, 1.807) is 14.2 Å². The summed E-state index contributed by atoms with van der Waals surface area (Å²) >= 11 is 3.51. The zero-order chi connectivity index (χ0) is 15.3. The second-order valence-electron chi connectivity index (χ2n) is 5.67. The molecule has 0 heterocycles. The fourth-order valence-corrected chi connectivity index (χ4v) is 3.63. The molecule has 5 heteroatoms. The van der Waals surface area contributed by atoms with Gasteiger partial charge < -0.3 is 19.9 Å². The molecule has 1 fully saturated rings. The van der Waals surface area contributed by atoms with Crippen LogP contribution in [0, 0.1) is 0 Å². The SMILES string of the molecule is COc1cc(CNC2(CO)CCCCC2)cc(Br)c1OC. The third-order valence-corrected chi connectivity index (χ3v) is 4.86. The van der Waals surface area contributed by atoms with E-state index in [1.807, 2.05) is 12.1 Å². The molecule has 2 rings (SSSR count). The van der Waals surface area contributed by atoms with Crippen molar-refractivity contribution in [2.75, 3.05) is 20.8 Å². The van der Waals surface area contributed by atoms with Crippen LogP contribution in [0.15, 0.2) is 16.6 Å². The van der Waals surface area contributed by atoms with E-state index in [-0.39, 0.29) is 12.1 Å². The van der Waals surface area contributed by atoms with Crippen LogP contribution in [-0.2, 0) is 6.54 Å². The van der Waals surface area contributed by atoms with E-state index in [9.17, 15) is 5.11 Å². The van der Waals surface area contributed by atoms with Gasteiger partial charge in [-0.2, -0.15) is 0 Å². The highest BCUT2D eigenvalue weighted by atomic mass is 79.9. The summed E-state index contributed by atoms with van der Waals surface area (Å²) in [5.41, 5.74) is 0.982. The quantitative estimate of drug-likeness (QED) is 0.820. The number of halogens is 1. The molecular weight excluding hydrogens is 334 g/mol. The molecule has 1 saturated carbocycles. The molecule has 0 aliphatic heterocycles. The predicted octanol–water partition coefficient (Wildman–Crippen LogP) is 3.25. The van der Waals surface area contributed by atoms with Crippen LogP contribution in [0.25, 0.3) is 0 Å². The van der Waals surface area contributed by atoms with Crippen molar-refractivity contribution in [1.29, 1.82) is 0 Å². The van der Waals surface area contributed by atoms with Crippen LogP contribution in [0.2, 0.25) is 0 Å². The van der Waals surface area contributed by atoms with Crippen molar-refractivity contribution in [3.8, 4) is 11.5 Å². The molecule has 21 heavy (non-hydrogen) atoms. The maximum absolute atomic E-state index is 9.74. The van der Waals surface area contributed by atoms with Crippen molar-refractivity contribution in [1.82, 2.24) is 5.32 Å². The van der Waals surface area contributed by atoms with Crippen LogP contribution < -0.4 is 14.8 Å². The number of ether oxygens (including phenoxy) is 2. The Morgan fingerprint density at radius 2 is 1.90 bits per heavy atom. The van der Waals surface area contributed by atoms with Gasteiger partial charge in [-0.1, -0.05) is 19.3 Å². The number of rotatable bonds is 6. The molecule has 118 valence electrons. The Kier molecular flexibility index (Phi) is 5.90. The Hall–Kier alpha value is -0.780. The molecule has 1 aromatic carbocycles. The first-order valence-corrected chi connectivity index (χ1v) is 8.20. The number of aliphatic hydroxyl groups is 1. The molecule has 0 atom stereocenters. The Bertz CT molecular complexity index is 473. The van der Waals surface area contributed by atoms with Crippen LogP contribution >= 0.6 is 15.9 Å². The number of aliphatic hydroxyl groups excluding tert-OH is 1. The highest BCUT2D eigenvalue weighted by molar-refractivity contribution is 9.10. The fourth-order valence-electron chi connectivity index (χ4n) is 2.98. The normalized spacial score (nSPS) is 17.5. The van der Waals surface area contributed by atoms with Gasteiger partial charge in [0.15, 0.2) is 11.5 Å². The maximum atomic E-state index is 9.74. The standard InChI is InChI=1S/C16H24BrNO3/c1-20-14-9-12(8-13(17)15(14)21-2)10-18-16(11-19)6-4-3-5-7-16/h8-9,18-19H,3-7,10-11H2,1-2H3. The summed E-state index contributed by atoms with van der Waals surface area (Å²) in [5.74, 6) is 1.42. The van der Waals surface area contributed by atoms with Crippen LogP contribution in [0.1, 0.15) is 37.7 Å². The molecule has 0 unspecified atom stereocenters. The molecule has 0 aromatic heterocycles. The van der Waals surface area contributed by atoms with Gasteiger partial charge in [-0.15, -0.1) is 0 Å². The summed E-state index contributed by atoms with van der Waals surface area (Å²) in [5, 5.41) is 13.3. The van der Waals surface area contributed by atoms with Crippen molar-refractivity contribution >= 4 is 15.9 Å². The lowest BCUT2D eigenvalue weighted by Gasteiger charge is -2.36. The van der Waals surface area contributed by atoms with Gasteiger partial charge in [0, 0.05) is 12.1 Å².